The molecule has 4 heterocycles. The summed E-state index contributed by atoms with van der Waals surface area (Å²) >= 11 is 0. The average Bonchev–Trinajstić information content (AvgIpc) is 1.61. The minimum Gasteiger partial charge on any atom is -0.494 e. The lowest BCUT2D eigenvalue weighted by atomic mass is 9.84. The van der Waals surface area contributed by atoms with Gasteiger partial charge in [0.2, 0.25) is 20.0 Å². The highest BCUT2D eigenvalue weighted by Crippen LogP contribution is 2.38. The summed E-state index contributed by atoms with van der Waals surface area (Å²) in [7, 11) is -19.2. The first-order valence-corrected chi connectivity index (χ1v) is 46.7. The fourth-order valence-corrected chi connectivity index (χ4v) is 20.0. The number of Topliss-reactive ketones (excluding diaryl/α,β-unsaturated/α-hetero) is 2. The first kappa shape index (κ1) is 91.1. The first-order valence-electron chi connectivity index (χ1n) is 39.2. The fraction of sp³-hybridized carbons (Fsp3) is 0.286. The van der Waals surface area contributed by atoms with E-state index in [0.717, 1.165) is 32.0 Å². The van der Waals surface area contributed by atoms with Crippen LogP contribution >= 0.6 is 0 Å². The van der Waals surface area contributed by atoms with Gasteiger partial charge in [0.25, 0.3) is 20.0 Å². The van der Waals surface area contributed by atoms with Crippen LogP contribution in [0.25, 0.3) is 21.9 Å². The molecule has 0 unspecified atom stereocenters. The van der Waals surface area contributed by atoms with Crippen LogP contribution in [0, 0.1) is 13.8 Å². The number of carbonyl (C=O) groups excluding carboxylic acids is 3. The molecule has 13 rings (SSSR count). The third-order valence-corrected chi connectivity index (χ3v) is 27.9. The molecule has 24 nitrogen and oxygen atoms in total. The Morgan fingerprint density at radius 2 is 1.04 bits per heavy atom. The third kappa shape index (κ3) is 22.6. The van der Waals surface area contributed by atoms with Crippen LogP contribution in [0.5, 0.6) is 23.0 Å². The van der Waals surface area contributed by atoms with Gasteiger partial charge in [-0.25, -0.2) is 60.3 Å². The number of hydrogen-bond acceptors (Lipinski definition) is 20. The lowest BCUT2D eigenvalue weighted by Gasteiger charge is -2.23. The number of aryl methyl sites for hydroxylation is 1. The van der Waals surface area contributed by atoms with Gasteiger partial charge in [0.05, 0.1) is 66.8 Å². The third-order valence-electron chi connectivity index (χ3n) is 19.8. The van der Waals surface area contributed by atoms with Crippen molar-refractivity contribution in [2.75, 3.05) is 24.1 Å². The zero-order valence-corrected chi connectivity index (χ0v) is 73.1. The summed E-state index contributed by atoms with van der Waals surface area (Å²) in [5.41, 5.74) is 6.64. The van der Waals surface area contributed by atoms with Crippen LogP contribution in [-0.2, 0) is 74.2 Å². The van der Waals surface area contributed by atoms with Crippen molar-refractivity contribution in [2.45, 2.75) is 176 Å². The van der Waals surface area contributed by atoms with E-state index in [1.807, 2.05) is 67.5 Å². The number of sulfone groups is 1. The molecule has 0 bridgehead atoms. The van der Waals surface area contributed by atoms with Gasteiger partial charge >= 0.3 is 6.09 Å². The van der Waals surface area contributed by atoms with Gasteiger partial charge in [0.1, 0.15) is 34.3 Å². The maximum Gasteiger partial charge on any atom is 0.434 e. The number of ketones is 2. The van der Waals surface area contributed by atoms with Crippen LogP contribution in [0.1, 0.15) is 179 Å². The second-order valence-corrected chi connectivity index (χ2v) is 38.8. The molecule has 12 aromatic rings. The number of hydrogen-bond donors (Lipinski definition) is 2. The number of fused-ring (bicyclic) bond motifs is 2. The molecule has 1 saturated carbocycles. The number of ether oxygens (including phenoxy) is 4. The Bertz CT molecular complexity index is 6180. The molecule has 1 aliphatic carbocycles. The van der Waals surface area contributed by atoms with Crippen LogP contribution in [0.2, 0.25) is 0 Å². The Morgan fingerprint density at radius 3 is 1.57 bits per heavy atom. The van der Waals surface area contributed by atoms with Crippen molar-refractivity contribution in [3.8, 4) is 23.0 Å². The highest BCUT2D eigenvalue weighted by Gasteiger charge is 2.35. The summed E-state index contributed by atoms with van der Waals surface area (Å²) in [6.45, 7) is 23.6. The molecule has 1 fully saturated rings. The highest BCUT2D eigenvalue weighted by molar-refractivity contribution is 7.93. The maximum atomic E-state index is 13.8. The molecule has 632 valence electrons. The van der Waals surface area contributed by atoms with E-state index in [2.05, 4.69) is 19.4 Å². The number of sulfonamides is 3. The van der Waals surface area contributed by atoms with Crippen LogP contribution in [-0.4, -0.2) is 93.5 Å². The number of para-hydroxylation sites is 1. The number of pyridine rings is 2. The Balaban J connectivity index is 0.000000172. The van der Waals surface area contributed by atoms with Gasteiger partial charge < -0.3 is 23.4 Å². The number of aromatic nitrogens is 3. The smallest absolute Gasteiger partial charge is 0.434 e. The van der Waals surface area contributed by atoms with Crippen molar-refractivity contribution < 1.29 is 79.8 Å². The summed E-state index contributed by atoms with van der Waals surface area (Å²) in [4.78, 5) is 46.7. The van der Waals surface area contributed by atoms with Gasteiger partial charge in [-0.1, -0.05) is 102 Å². The van der Waals surface area contributed by atoms with Crippen LogP contribution in [0.15, 0.2) is 260 Å². The number of amides is 1. The molecule has 0 saturated heterocycles. The van der Waals surface area contributed by atoms with Crippen LogP contribution < -0.4 is 32.7 Å². The van der Waals surface area contributed by atoms with Gasteiger partial charge in [-0.2, -0.15) is 4.31 Å². The Kier molecular flexibility index (Phi) is 30.2. The van der Waals surface area contributed by atoms with Gasteiger partial charge in [-0.3, -0.25) is 19.6 Å². The van der Waals surface area contributed by atoms with Crippen LogP contribution in [0.4, 0.5) is 10.5 Å². The van der Waals surface area contributed by atoms with E-state index < -0.39 is 56.0 Å². The molecule has 0 spiro atoms. The van der Waals surface area contributed by atoms with Gasteiger partial charge in [-0.15, -0.1) is 0 Å². The predicted octanol–water partition coefficient (Wildman–Crippen LogP) is 18.5. The Morgan fingerprint density at radius 1 is 0.525 bits per heavy atom. The minimum absolute atomic E-state index is 0.0200. The summed E-state index contributed by atoms with van der Waals surface area (Å²) in [5, 5.41) is 0.789. The minimum atomic E-state index is -4.39. The predicted molar refractivity (Wildman–Crippen MR) is 464 cm³/mol. The molecule has 1 aliphatic rings. The Hall–Kier alpha value is -11.2. The second-order valence-electron chi connectivity index (χ2n) is 29.8. The van der Waals surface area contributed by atoms with Crippen LogP contribution in [0.3, 0.4) is 0 Å². The van der Waals surface area contributed by atoms with Crippen molar-refractivity contribution in [1.82, 2.24) is 23.4 Å². The largest absolute Gasteiger partial charge is 0.494 e. The number of anilines is 1. The van der Waals surface area contributed by atoms with Gasteiger partial charge in [0, 0.05) is 59.9 Å². The lowest BCUT2D eigenvalue weighted by Crippen LogP contribution is -2.39. The topological polar surface area (TPSA) is 330 Å². The van der Waals surface area contributed by atoms with E-state index in [4.69, 9.17) is 23.4 Å². The molecule has 2 N–H and O–H groups in total. The standard InChI is InChI=1S/C28H29NO7S2.C28H27NO6S.C18H22N2O2S.C17H22N2O3S/c1-5-35-22-8-12-24(13-9-22)37(31,32)18-21-7-16-27-26(17-21)28(20(4)30)19(3)29(27)38(33,34)25-14-10-23(11-15-25)36-6-2;1-18(30)26-19(2)34-25-16-13-21(17-24(25)26)29(27(31)35-22-9-7-6-8-10-22)36(32,33)23-14-11-20(12-15-23)28(3,4)5;21-23(22,20-14-15-10-12-19-13-11-15)18-8-6-17(7-9-18)16-4-2-1-3-5-16;1-4-22-17-6-5-15(11-16(17)13(2)3)23(20,21)19-12-14-7-9-18-10-8-14/h7-17H,5-6,18H2,1-4H3;6-17H,1-5H3;6-13,16,20H,1-5,14H2;5-11,13,19H,4,12H2,1-3H3. The SMILES string of the molecule is CC(=O)c1c(C)oc2ccc(N(C(=O)Oc3ccccc3)S(=O)(=O)c3ccc(C(C)(C)C)cc3)cc12.CCOc1ccc(S(=O)(=O)Cc2ccc3c(c2)c(C(C)=O)c(C)n3S(=O)(=O)c2ccc(OCC)cc2)cc1.CCOc1ccc(S(=O)(=O)NCc2ccncc2)cc1C(C)C.O=S(=O)(NCc1ccncc1)c1ccc(C2CCCCC2)cc1. The van der Waals surface area contributed by atoms with E-state index in [9.17, 15) is 56.5 Å². The quantitative estimate of drug-likeness (QED) is 0.0452. The van der Waals surface area contributed by atoms with Crippen molar-refractivity contribution >= 4 is 95.1 Å². The first-order chi connectivity index (χ1) is 57.0. The lowest BCUT2D eigenvalue weighted by molar-refractivity contribution is 0.100. The molecular weight excluding hydrogens is 1630 g/mol. The molecular formula is C91H100N6O18S5. The summed E-state index contributed by atoms with van der Waals surface area (Å²) < 4.78 is 165. The molecule has 1 amide bonds. The van der Waals surface area contributed by atoms with Gasteiger partial charge in [0.15, 0.2) is 21.4 Å². The molecule has 0 radical (unpaired) electrons. The van der Waals surface area contributed by atoms with Crippen molar-refractivity contribution in [3.63, 3.8) is 0 Å². The van der Waals surface area contributed by atoms with Crippen molar-refractivity contribution in [2.24, 2.45) is 0 Å². The highest BCUT2D eigenvalue weighted by atomic mass is 32.2. The van der Waals surface area contributed by atoms with E-state index in [-0.39, 0.29) is 84.0 Å². The Labute approximate surface area is 703 Å². The zero-order chi connectivity index (χ0) is 86.9. The number of nitrogens with one attached hydrogen (secondary N) is 2. The van der Waals surface area contributed by atoms with E-state index in [1.165, 1.54) is 106 Å². The summed E-state index contributed by atoms with van der Waals surface area (Å²) in [5.74, 6) is 2.34. The fourth-order valence-electron chi connectivity index (χ4n) is 13.8. The zero-order valence-electron chi connectivity index (χ0n) is 69.1. The van der Waals surface area contributed by atoms with E-state index in [0.29, 0.717) is 85.2 Å². The maximum absolute atomic E-state index is 13.8. The number of carbonyl (C=O) groups is 3. The van der Waals surface area contributed by atoms with E-state index >= 15 is 0 Å². The second kappa shape index (κ2) is 39.8. The molecule has 4 aromatic heterocycles. The number of furan rings is 1. The number of rotatable bonds is 27. The van der Waals surface area contributed by atoms with E-state index in [1.54, 1.807) is 178 Å². The van der Waals surface area contributed by atoms with Crippen molar-refractivity contribution in [3.05, 3.63) is 287 Å². The molecule has 0 aliphatic heterocycles. The number of benzene rings is 8. The van der Waals surface area contributed by atoms with Crippen molar-refractivity contribution in [1.29, 1.82) is 0 Å². The van der Waals surface area contributed by atoms with Gasteiger partial charge in [-0.05, 0) is 270 Å². The normalized spacial score (nSPS) is 12.7. The monoisotopic (exact) mass is 1720 g/mol. The summed E-state index contributed by atoms with van der Waals surface area (Å²) in [6, 6.07) is 55.5. The molecule has 8 aromatic carbocycles. The molecule has 0 atom stereocenters. The number of nitrogens with zero attached hydrogens (tertiary/aromatic N) is 4. The molecule has 29 heteroatoms. The molecule has 120 heavy (non-hydrogen) atoms. The summed E-state index contributed by atoms with van der Waals surface area (Å²) in [6.07, 6.45) is 11.8. The average molecular weight is 1730 g/mol.